The number of esters is 2. The molecule has 8 heteroatoms. The highest BCUT2D eigenvalue weighted by molar-refractivity contribution is 7.17. The number of carbonyl (C=O) groups is 3. The number of ether oxygens (including phenoxy) is 2. The predicted molar refractivity (Wildman–Crippen MR) is 123 cm³/mol. The van der Waals surface area contributed by atoms with Crippen molar-refractivity contribution >= 4 is 34.2 Å². The Hall–Kier alpha value is -2.74. The molecule has 1 N–H and O–H groups in total. The van der Waals surface area contributed by atoms with Crippen LogP contribution in [0.15, 0.2) is 24.5 Å². The summed E-state index contributed by atoms with van der Waals surface area (Å²) in [6, 6.07) is 3.20. The highest BCUT2D eigenvalue weighted by Gasteiger charge is 2.35. The zero-order valence-electron chi connectivity index (χ0n) is 19.2. The van der Waals surface area contributed by atoms with Gasteiger partial charge >= 0.3 is 11.9 Å². The van der Waals surface area contributed by atoms with Crippen molar-refractivity contribution in [1.82, 2.24) is 4.98 Å². The van der Waals surface area contributed by atoms with Gasteiger partial charge < -0.3 is 14.8 Å². The average Bonchev–Trinajstić information content (AvgIpc) is 3.13. The smallest absolute Gasteiger partial charge is 0.341 e. The summed E-state index contributed by atoms with van der Waals surface area (Å²) < 4.78 is 10.4. The molecule has 7 nitrogen and oxygen atoms in total. The van der Waals surface area contributed by atoms with Gasteiger partial charge in [-0.15, -0.1) is 11.3 Å². The third kappa shape index (κ3) is 5.18. The standard InChI is InChI=1S/C24H30N2O5S/c1-6-17(31-22(28)14-8-7-11-25-13-14)20(27)26-21-19(23(29)30-5)16-10-9-15(24(2,3)4)12-18(16)32-21/h7-8,11,13,15,17H,6,9-10,12H2,1-5H3,(H,26,27). The van der Waals surface area contributed by atoms with E-state index in [4.69, 9.17) is 9.47 Å². The molecule has 1 aliphatic carbocycles. The van der Waals surface area contributed by atoms with Crippen LogP contribution >= 0.6 is 11.3 Å². The molecule has 2 heterocycles. The van der Waals surface area contributed by atoms with Gasteiger partial charge in [0.1, 0.15) is 5.00 Å². The van der Waals surface area contributed by atoms with Crippen LogP contribution in [0.2, 0.25) is 0 Å². The Morgan fingerprint density at radius 3 is 2.62 bits per heavy atom. The molecule has 0 spiro atoms. The van der Waals surface area contributed by atoms with Gasteiger partial charge in [0.25, 0.3) is 5.91 Å². The molecular formula is C24H30N2O5S. The first-order valence-corrected chi connectivity index (χ1v) is 11.6. The second-order valence-electron chi connectivity index (χ2n) is 9.04. The summed E-state index contributed by atoms with van der Waals surface area (Å²) in [7, 11) is 1.34. The highest BCUT2D eigenvalue weighted by atomic mass is 32.1. The molecule has 172 valence electrons. The van der Waals surface area contributed by atoms with Crippen molar-refractivity contribution in [3.05, 3.63) is 46.1 Å². The molecule has 0 fully saturated rings. The van der Waals surface area contributed by atoms with Crippen LogP contribution in [0.3, 0.4) is 0 Å². The van der Waals surface area contributed by atoms with E-state index in [0.29, 0.717) is 22.9 Å². The van der Waals surface area contributed by atoms with E-state index in [-0.39, 0.29) is 11.0 Å². The summed E-state index contributed by atoms with van der Waals surface area (Å²) in [6.45, 7) is 8.43. The molecule has 0 radical (unpaired) electrons. The molecule has 2 aromatic rings. The van der Waals surface area contributed by atoms with Gasteiger partial charge in [-0.1, -0.05) is 27.7 Å². The Bertz CT molecular complexity index is 994. The number of fused-ring (bicyclic) bond motifs is 1. The van der Waals surface area contributed by atoms with Crippen molar-refractivity contribution in [2.24, 2.45) is 11.3 Å². The highest BCUT2D eigenvalue weighted by Crippen LogP contribution is 2.44. The third-order valence-corrected chi connectivity index (χ3v) is 7.10. The summed E-state index contributed by atoms with van der Waals surface area (Å²) in [4.78, 5) is 42.9. The number of nitrogens with zero attached hydrogens (tertiary/aromatic N) is 1. The van der Waals surface area contributed by atoms with Crippen LogP contribution in [-0.2, 0) is 27.1 Å². The quantitative estimate of drug-likeness (QED) is 0.633. The van der Waals surface area contributed by atoms with Crippen LogP contribution in [0.1, 0.15) is 71.7 Å². The number of amides is 1. The zero-order chi connectivity index (χ0) is 23.5. The molecule has 32 heavy (non-hydrogen) atoms. The Balaban J connectivity index is 1.82. The largest absolute Gasteiger partial charge is 0.465 e. The molecule has 1 amide bonds. The van der Waals surface area contributed by atoms with Gasteiger partial charge in [-0.05, 0) is 54.7 Å². The lowest BCUT2D eigenvalue weighted by atomic mass is 9.72. The van der Waals surface area contributed by atoms with Crippen LogP contribution in [0.5, 0.6) is 0 Å². The van der Waals surface area contributed by atoms with Crippen LogP contribution < -0.4 is 5.32 Å². The molecule has 0 saturated carbocycles. The minimum Gasteiger partial charge on any atom is -0.465 e. The van der Waals surface area contributed by atoms with E-state index >= 15 is 0 Å². The second-order valence-corrected chi connectivity index (χ2v) is 10.1. The van der Waals surface area contributed by atoms with E-state index in [0.717, 1.165) is 29.7 Å². The molecule has 1 aliphatic rings. The summed E-state index contributed by atoms with van der Waals surface area (Å²) in [5.41, 5.74) is 1.80. The maximum atomic E-state index is 13.0. The molecule has 2 atom stereocenters. The summed E-state index contributed by atoms with van der Waals surface area (Å²) in [6.07, 6.45) is 4.85. The molecular weight excluding hydrogens is 428 g/mol. The first kappa shape index (κ1) is 23.9. The van der Waals surface area contributed by atoms with E-state index in [9.17, 15) is 14.4 Å². The van der Waals surface area contributed by atoms with Crippen LogP contribution in [-0.4, -0.2) is 36.0 Å². The van der Waals surface area contributed by atoms with Crippen molar-refractivity contribution in [1.29, 1.82) is 0 Å². The van der Waals surface area contributed by atoms with Crippen molar-refractivity contribution in [2.45, 2.75) is 59.5 Å². The predicted octanol–water partition coefficient (Wildman–Crippen LogP) is 4.65. The topological polar surface area (TPSA) is 94.6 Å². The third-order valence-electron chi connectivity index (χ3n) is 5.93. The molecule has 3 rings (SSSR count). The fraction of sp³-hybridized carbons (Fsp3) is 0.500. The number of thiophene rings is 1. The molecule has 2 aromatic heterocycles. The van der Waals surface area contributed by atoms with Crippen molar-refractivity contribution in [3.8, 4) is 0 Å². The molecule has 0 bridgehead atoms. The zero-order valence-corrected chi connectivity index (χ0v) is 20.0. The first-order chi connectivity index (χ1) is 15.2. The molecule has 0 saturated heterocycles. The summed E-state index contributed by atoms with van der Waals surface area (Å²) in [5.74, 6) is -1.06. The minimum absolute atomic E-state index is 0.157. The minimum atomic E-state index is -0.991. The van der Waals surface area contributed by atoms with Crippen molar-refractivity contribution in [3.63, 3.8) is 0 Å². The Labute approximate surface area is 192 Å². The van der Waals surface area contributed by atoms with Gasteiger partial charge in [-0.3, -0.25) is 9.78 Å². The van der Waals surface area contributed by atoms with Gasteiger partial charge in [-0.25, -0.2) is 9.59 Å². The lowest BCUT2D eigenvalue weighted by Crippen LogP contribution is -2.32. The van der Waals surface area contributed by atoms with E-state index in [1.807, 2.05) is 0 Å². The van der Waals surface area contributed by atoms with E-state index in [1.54, 1.807) is 25.3 Å². The lowest BCUT2D eigenvalue weighted by Gasteiger charge is -2.33. The number of aromatic nitrogens is 1. The normalized spacial score (nSPS) is 16.6. The maximum Gasteiger partial charge on any atom is 0.341 e. The number of hydrogen-bond acceptors (Lipinski definition) is 7. The van der Waals surface area contributed by atoms with Gasteiger partial charge in [0.2, 0.25) is 0 Å². The fourth-order valence-corrected chi connectivity index (χ4v) is 5.25. The molecule has 0 aromatic carbocycles. The lowest BCUT2D eigenvalue weighted by molar-refractivity contribution is -0.124. The SMILES string of the molecule is CCC(OC(=O)c1cccnc1)C(=O)Nc1sc2c(c1C(=O)OC)CCC(C(C)(C)C)C2. The van der Waals surface area contributed by atoms with Gasteiger partial charge in [0.05, 0.1) is 18.2 Å². The Kier molecular flexibility index (Phi) is 7.33. The van der Waals surface area contributed by atoms with Gasteiger partial charge in [-0.2, -0.15) is 0 Å². The van der Waals surface area contributed by atoms with E-state index in [1.165, 1.54) is 24.6 Å². The number of anilines is 1. The van der Waals surface area contributed by atoms with E-state index < -0.39 is 23.9 Å². The van der Waals surface area contributed by atoms with Crippen LogP contribution in [0.25, 0.3) is 0 Å². The van der Waals surface area contributed by atoms with Crippen molar-refractivity contribution in [2.75, 3.05) is 12.4 Å². The Morgan fingerprint density at radius 2 is 2.03 bits per heavy atom. The number of rotatable bonds is 6. The number of hydrogen-bond donors (Lipinski definition) is 1. The van der Waals surface area contributed by atoms with Gasteiger partial charge in [0, 0.05) is 17.3 Å². The Morgan fingerprint density at radius 1 is 1.28 bits per heavy atom. The number of carbonyl (C=O) groups excluding carboxylic acids is 3. The van der Waals surface area contributed by atoms with Crippen molar-refractivity contribution < 1.29 is 23.9 Å². The fourth-order valence-electron chi connectivity index (χ4n) is 3.93. The number of pyridine rings is 1. The number of methoxy groups -OCH3 is 1. The van der Waals surface area contributed by atoms with Gasteiger partial charge in [0.15, 0.2) is 6.10 Å². The van der Waals surface area contributed by atoms with Crippen LogP contribution in [0.4, 0.5) is 5.00 Å². The first-order valence-electron chi connectivity index (χ1n) is 10.8. The molecule has 0 aliphatic heterocycles. The number of nitrogens with one attached hydrogen (secondary N) is 1. The monoisotopic (exact) mass is 458 g/mol. The summed E-state index contributed by atoms with van der Waals surface area (Å²) in [5, 5.41) is 3.29. The average molecular weight is 459 g/mol. The second kappa shape index (κ2) is 9.81. The van der Waals surface area contributed by atoms with Crippen LogP contribution in [0, 0.1) is 11.3 Å². The maximum absolute atomic E-state index is 13.0. The summed E-state index contributed by atoms with van der Waals surface area (Å²) >= 11 is 1.41. The molecule has 2 unspecified atom stereocenters. The van der Waals surface area contributed by atoms with E-state index in [2.05, 4.69) is 31.1 Å².